The maximum Gasteiger partial charge on any atom is 0.315 e. The van der Waals surface area contributed by atoms with Crippen LogP contribution in [0.1, 0.15) is 104 Å². The second kappa shape index (κ2) is 16.3. The summed E-state index contributed by atoms with van der Waals surface area (Å²) in [5, 5.41) is 8.99. The monoisotopic (exact) mass is 641 g/mol. The van der Waals surface area contributed by atoms with Gasteiger partial charge in [0.05, 0.1) is 13.2 Å². The molecule has 11 heteroatoms. The Morgan fingerprint density at radius 3 is 2.30 bits per heavy atom. The number of nitrogens with two attached hydrogens (primary N) is 1. The molecule has 256 valence electrons. The second-order valence-electron chi connectivity index (χ2n) is 14.3. The molecule has 1 heterocycles. The molecule has 0 bridgehead atoms. The zero-order valence-corrected chi connectivity index (χ0v) is 28.6. The van der Waals surface area contributed by atoms with Crippen molar-refractivity contribution < 1.29 is 28.7 Å². The highest BCUT2D eigenvalue weighted by atomic mass is 16.5. The lowest BCUT2D eigenvalue weighted by atomic mass is 9.83. The normalized spacial score (nSPS) is 20.0. The topological polar surface area (TPSA) is 160 Å². The van der Waals surface area contributed by atoms with Gasteiger partial charge in [0, 0.05) is 12.1 Å². The number of nitrogens with zero attached hydrogens (tertiary/aromatic N) is 1. The van der Waals surface area contributed by atoms with Crippen molar-refractivity contribution >= 4 is 29.5 Å². The number of benzene rings is 1. The van der Waals surface area contributed by atoms with E-state index in [1.54, 1.807) is 7.11 Å². The summed E-state index contributed by atoms with van der Waals surface area (Å²) < 4.78 is 5.43. The number of methoxy groups -OCH3 is 1. The van der Waals surface area contributed by atoms with E-state index in [0.29, 0.717) is 25.8 Å². The smallest absolute Gasteiger partial charge is 0.315 e. The van der Waals surface area contributed by atoms with E-state index < -0.39 is 52.7 Å². The van der Waals surface area contributed by atoms with Crippen molar-refractivity contribution in [2.75, 3.05) is 13.7 Å². The highest BCUT2D eigenvalue weighted by molar-refractivity contribution is 6.37. The first-order valence-corrected chi connectivity index (χ1v) is 16.9. The first-order valence-electron chi connectivity index (χ1n) is 16.9. The van der Waals surface area contributed by atoms with Crippen LogP contribution in [-0.2, 0) is 25.6 Å². The predicted octanol–water partition coefficient (Wildman–Crippen LogP) is 4.01. The standard InChI is InChI=1S/C35H55N5O6/c1-7-23(2)20-26(28(41)30(36)42)37-31(43)27-16-13-19-40(27)32(44)29(34(3,4)5)38-33(45)39-35(17-10-8-9-11-18-35)22-24-14-12-15-25(21-24)46-6/h12,14-15,21,23,26-27,29H,7-11,13,16-20,22H2,1-6H3,(H2,36,42)(H,37,43)(H2,38,39,45)/t23?,26?,27-,29?/m0/s1. The summed E-state index contributed by atoms with van der Waals surface area (Å²) in [6.07, 6.45) is 8.51. The maximum atomic E-state index is 14.1. The number of urea groups is 1. The predicted molar refractivity (Wildman–Crippen MR) is 177 cm³/mol. The number of primary amides is 1. The fourth-order valence-electron chi connectivity index (χ4n) is 6.69. The molecule has 1 aromatic carbocycles. The molecule has 4 atom stereocenters. The Hall–Kier alpha value is -3.63. The Bertz CT molecular complexity index is 1240. The minimum atomic E-state index is -1.10. The number of amides is 5. The molecule has 2 fully saturated rings. The van der Waals surface area contributed by atoms with Crippen LogP contribution in [-0.4, -0.2) is 71.8 Å². The molecule has 3 rings (SSSR count). The third kappa shape index (κ3) is 9.93. The van der Waals surface area contributed by atoms with Crippen LogP contribution in [0.5, 0.6) is 5.75 Å². The number of carbonyl (C=O) groups is 5. The van der Waals surface area contributed by atoms with E-state index in [2.05, 4.69) is 16.0 Å². The minimum Gasteiger partial charge on any atom is -0.497 e. The zero-order chi connectivity index (χ0) is 34.1. The van der Waals surface area contributed by atoms with E-state index in [-0.39, 0.29) is 18.2 Å². The van der Waals surface area contributed by atoms with Gasteiger partial charge in [-0.2, -0.15) is 0 Å². The van der Waals surface area contributed by atoms with Crippen LogP contribution >= 0.6 is 0 Å². The highest BCUT2D eigenvalue weighted by Crippen LogP contribution is 2.32. The second-order valence-corrected chi connectivity index (χ2v) is 14.3. The van der Waals surface area contributed by atoms with Gasteiger partial charge in [-0.25, -0.2) is 4.79 Å². The van der Waals surface area contributed by atoms with Crippen molar-refractivity contribution in [3.05, 3.63) is 29.8 Å². The van der Waals surface area contributed by atoms with Crippen LogP contribution < -0.4 is 26.4 Å². The summed E-state index contributed by atoms with van der Waals surface area (Å²) in [5.41, 5.74) is 5.20. The average Bonchev–Trinajstić information content (AvgIpc) is 3.39. The van der Waals surface area contributed by atoms with Crippen molar-refractivity contribution in [2.45, 2.75) is 129 Å². The van der Waals surface area contributed by atoms with Gasteiger partial charge in [-0.15, -0.1) is 0 Å². The van der Waals surface area contributed by atoms with Gasteiger partial charge in [0.15, 0.2) is 0 Å². The Labute approximate surface area is 274 Å². The van der Waals surface area contributed by atoms with Crippen LogP contribution in [0.4, 0.5) is 4.79 Å². The van der Waals surface area contributed by atoms with Crippen LogP contribution in [0.25, 0.3) is 0 Å². The van der Waals surface area contributed by atoms with Gasteiger partial charge in [-0.3, -0.25) is 19.2 Å². The summed E-state index contributed by atoms with van der Waals surface area (Å²) in [5.74, 6) is -1.98. The Morgan fingerprint density at radius 2 is 1.72 bits per heavy atom. The summed E-state index contributed by atoms with van der Waals surface area (Å²) in [6.45, 7) is 9.87. The summed E-state index contributed by atoms with van der Waals surface area (Å²) in [4.78, 5) is 67.2. The largest absolute Gasteiger partial charge is 0.497 e. The van der Waals surface area contributed by atoms with Crippen molar-refractivity contribution in [1.82, 2.24) is 20.9 Å². The zero-order valence-electron chi connectivity index (χ0n) is 28.6. The van der Waals surface area contributed by atoms with E-state index in [1.807, 2.05) is 58.9 Å². The molecule has 46 heavy (non-hydrogen) atoms. The Kier molecular flexibility index (Phi) is 13.0. The molecule has 0 radical (unpaired) electrons. The SMILES string of the molecule is CCC(C)CC(NC(=O)[C@@H]1CCCN1C(=O)C(NC(=O)NC1(Cc2cccc(OC)c2)CCCCCC1)C(C)(C)C)C(=O)C(N)=O. The lowest BCUT2D eigenvalue weighted by Gasteiger charge is -2.38. The molecular weight excluding hydrogens is 586 g/mol. The molecule has 11 nitrogen and oxygen atoms in total. The van der Waals surface area contributed by atoms with Gasteiger partial charge in [0.1, 0.15) is 17.8 Å². The lowest BCUT2D eigenvalue weighted by molar-refractivity contribution is -0.143. The minimum absolute atomic E-state index is 0.0728. The van der Waals surface area contributed by atoms with Gasteiger partial charge < -0.3 is 31.3 Å². The lowest BCUT2D eigenvalue weighted by Crippen LogP contribution is -2.62. The van der Waals surface area contributed by atoms with Crippen LogP contribution in [0.3, 0.4) is 0 Å². The number of nitrogens with one attached hydrogen (secondary N) is 3. The molecule has 3 unspecified atom stereocenters. The molecule has 5 N–H and O–H groups in total. The molecule has 2 aliphatic rings. The van der Waals surface area contributed by atoms with Crippen molar-refractivity contribution in [1.29, 1.82) is 0 Å². The maximum absolute atomic E-state index is 14.1. The number of hydrogen-bond donors (Lipinski definition) is 4. The molecule has 1 saturated heterocycles. The van der Waals surface area contributed by atoms with Gasteiger partial charge in [0.25, 0.3) is 5.91 Å². The number of ether oxygens (including phenoxy) is 1. The summed E-state index contributed by atoms with van der Waals surface area (Å²) in [6, 6.07) is 4.67. The van der Waals surface area contributed by atoms with Crippen LogP contribution in [0.2, 0.25) is 0 Å². The Morgan fingerprint density at radius 1 is 1.04 bits per heavy atom. The molecular formula is C35H55N5O6. The third-order valence-corrected chi connectivity index (χ3v) is 9.55. The first-order chi connectivity index (χ1) is 21.7. The van der Waals surface area contributed by atoms with E-state index in [9.17, 15) is 24.0 Å². The highest BCUT2D eigenvalue weighted by Gasteiger charge is 2.43. The number of likely N-dealkylation sites (tertiary alicyclic amines) is 1. The van der Waals surface area contributed by atoms with Gasteiger partial charge in [-0.05, 0) is 67.6 Å². The van der Waals surface area contributed by atoms with E-state index in [4.69, 9.17) is 10.5 Å². The average molecular weight is 642 g/mol. The number of ketones is 1. The molecule has 1 saturated carbocycles. The quantitative estimate of drug-likeness (QED) is 0.188. The fourth-order valence-corrected chi connectivity index (χ4v) is 6.69. The molecule has 5 amide bonds. The van der Waals surface area contributed by atoms with Gasteiger partial charge in [0.2, 0.25) is 17.6 Å². The molecule has 1 aliphatic carbocycles. The van der Waals surface area contributed by atoms with Crippen LogP contribution in [0, 0.1) is 11.3 Å². The van der Waals surface area contributed by atoms with Crippen molar-refractivity contribution in [3.8, 4) is 5.75 Å². The fraction of sp³-hybridized carbons (Fsp3) is 0.686. The number of carbonyl (C=O) groups excluding carboxylic acids is 5. The number of Topliss-reactive ketones (excluding diaryl/α,β-unsaturated/α-hetero) is 1. The number of rotatable bonds is 13. The summed E-state index contributed by atoms with van der Waals surface area (Å²) >= 11 is 0. The molecule has 0 spiro atoms. The number of hydrogen-bond acceptors (Lipinski definition) is 6. The first kappa shape index (κ1) is 36.8. The Balaban J connectivity index is 1.79. The van der Waals surface area contributed by atoms with E-state index in [0.717, 1.165) is 56.3 Å². The van der Waals surface area contributed by atoms with Crippen molar-refractivity contribution in [2.24, 2.45) is 17.1 Å². The van der Waals surface area contributed by atoms with E-state index in [1.165, 1.54) is 4.90 Å². The van der Waals surface area contributed by atoms with E-state index >= 15 is 0 Å². The molecule has 0 aromatic heterocycles. The summed E-state index contributed by atoms with van der Waals surface area (Å²) in [7, 11) is 1.64. The van der Waals surface area contributed by atoms with Gasteiger partial charge in [-0.1, -0.05) is 78.9 Å². The van der Waals surface area contributed by atoms with Gasteiger partial charge >= 0.3 is 6.03 Å². The third-order valence-electron chi connectivity index (χ3n) is 9.55. The molecule has 1 aromatic rings. The van der Waals surface area contributed by atoms with Crippen molar-refractivity contribution in [3.63, 3.8) is 0 Å². The van der Waals surface area contributed by atoms with Crippen LogP contribution in [0.15, 0.2) is 24.3 Å². The molecule has 1 aliphatic heterocycles.